The Morgan fingerprint density at radius 2 is 2.33 bits per heavy atom. The monoisotopic (exact) mass is 167 g/mol. The van der Waals surface area contributed by atoms with E-state index in [0.29, 0.717) is 18.1 Å². The van der Waals surface area contributed by atoms with E-state index in [0.717, 1.165) is 5.84 Å². The lowest BCUT2D eigenvalue weighted by atomic mass is 9.88. The second-order valence-corrected chi connectivity index (χ2v) is 3.83. The Morgan fingerprint density at radius 3 is 3.08 bits per heavy atom. The van der Waals surface area contributed by atoms with E-state index in [1.54, 1.807) is 0 Å². The third kappa shape index (κ3) is 1.33. The average molecular weight is 167 g/mol. The van der Waals surface area contributed by atoms with Gasteiger partial charge in [-0.25, -0.2) is 0 Å². The maximum absolute atomic E-state index is 4.56. The number of amidine groups is 1. The molecule has 3 heteroatoms. The molecular formula is C9H17N3. The highest BCUT2D eigenvalue weighted by Gasteiger charge is 2.32. The van der Waals surface area contributed by atoms with Gasteiger partial charge in [0.05, 0.1) is 17.9 Å². The smallest absolute Gasteiger partial charge is 0.0938 e. The van der Waals surface area contributed by atoms with Crippen LogP contribution in [0.1, 0.15) is 26.2 Å². The summed E-state index contributed by atoms with van der Waals surface area (Å²) in [5.41, 5.74) is 0. The highest BCUT2D eigenvalue weighted by molar-refractivity contribution is 5.82. The van der Waals surface area contributed by atoms with Crippen LogP contribution in [0.4, 0.5) is 0 Å². The Labute approximate surface area is 73.6 Å². The molecule has 1 fully saturated rings. The van der Waals surface area contributed by atoms with Gasteiger partial charge < -0.3 is 10.6 Å². The number of hydrogen-bond donors (Lipinski definition) is 2. The molecule has 3 atom stereocenters. The zero-order valence-electron chi connectivity index (χ0n) is 7.80. The summed E-state index contributed by atoms with van der Waals surface area (Å²) in [6, 6.07) is 1.87. The molecular weight excluding hydrogens is 150 g/mol. The molecule has 1 heterocycles. The van der Waals surface area contributed by atoms with Crippen molar-refractivity contribution in [2.24, 2.45) is 4.99 Å². The van der Waals surface area contributed by atoms with Crippen LogP contribution in [0.25, 0.3) is 0 Å². The molecule has 2 aliphatic rings. The van der Waals surface area contributed by atoms with Crippen molar-refractivity contribution in [2.75, 3.05) is 7.05 Å². The van der Waals surface area contributed by atoms with E-state index in [-0.39, 0.29) is 0 Å². The van der Waals surface area contributed by atoms with Crippen molar-refractivity contribution in [3.8, 4) is 0 Å². The Bertz CT molecular complexity index is 200. The first-order valence-electron chi connectivity index (χ1n) is 4.78. The molecule has 2 rings (SSSR count). The first-order valence-corrected chi connectivity index (χ1v) is 4.78. The molecule has 0 spiro atoms. The van der Waals surface area contributed by atoms with Gasteiger partial charge in [0.25, 0.3) is 0 Å². The number of nitrogens with zero attached hydrogens (tertiary/aromatic N) is 1. The Morgan fingerprint density at radius 1 is 1.50 bits per heavy atom. The minimum Gasteiger partial charge on any atom is -0.369 e. The first kappa shape index (κ1) is 8.05. The van der Waals surface area contributed by atoms with Crippen molar-refractivity contribution in [3.63, 3.8) is 0 Å². The molecule has 68 valence electrons. The first-order chi connectivity index (χ1) is 5.79. The van der Waals surface area contributed by atoms with Gasteiger partial charge in [-0.2, -0.15) is 0 Å². The second-order valence-electron chi connectivity index (χ2n) is 3.83. The predicted molar refractivity (Wildman–Crippen MR) is 50.5 cm³/mol. The molecule has 3 nitrogen and oxygen atoms in total. The van der Waals surface area contributed by atoms with Gasteiger partial charge in [0, 0.05) is 6.04 Å². The Hall–Kier alpha value is -0.570. The third-order valence-corrected chi connectivity index (χ3v) is 2.98. The van der Waals surface area contributed by atoms with Crippen LogP contribution < -0.4 is 10.6 Å². The third-order valence-electron chi connectivity index (χ3n) is 2.98. The molecule has 1 aliphatic heterocycles. The molecule has 1 saturated carbocycles. The van der Waals surface area contributed by atoms with E-state index in [4.69, 9.17) is 0 Å². The molecule has 1 aliphatic carbocycles. The highest BCUT2D eigenvalue weighted by Crippen LogP contribution is 2.24. The van der Waals surface area contributed by atoms with Crippen LogP contribution in [-0.2, 0) is 0 Å². The Balaban J connectivity index is 1.97. The molecule has 0 bridgehead atoms. The fourth-order valence-corrected chi connectivity index (χ4v) is 2.28. The SMILES string of the molecule is CNC1CCC2N=C(C)NC2C1. The maximum atomic E-state index is 4.56. The molecule has 3 unspecified atom stereocenters. The van der Waals surface area contributed by atoms with Crippen LogP contribution in [0.3, 0.4) is 0 Å². The van der Waals surface area contributed by atoms with Crippen LogP contribution in [0.2, 0.25) is 0 Å². The Kier molecular flexibility index (Phi) is 2.05. The lowest BCUT2D eigenvalue weighted by Crippen LogP contribution is -2.44. The van der Waals surface area contributed by atoms with Gasteiger partial charge in [-0.3, -0.25) is 4.99 Å². The summed E-state index contributed by atoms with van der Waals surface area (Å²) in [6.07, 6.45) is 3.73. The lowest BCUT2D eigenvalue weighted by molar-refractivity contribution is 0.318. The fourth-order valence-electron chi connectivity index (χ4n) is 2.28. The van der Waals surface area contributed by atoms with Crippen LogP contribution in [0, 0.1) is 0 Å². The summed E-state index contributed by atoms with van der Waals surface area (Å²) in [6.45, 7) is 2.06. The molecule has 0 aromatic rings. The predicted octanol–water partition coefficient (Wildman–Crippen LogP) is 0.517. The van der Waals surface area contributed by atoms with E-state index in [9.17, 15) is 0 Å². The minimum atomic E-state index is 0.564. The number of rotatable bonds is 1. The zero-order valence-corrected chi connectivity index (χ0v) is 7.80. The largest absolute Gasteiger partial charge is 0.369 e. The topological polar surface area (TPSA) is 36.4 Å². The van der Waals surface area contributed by atoms with Crippen molar-refractivity contribution in [3.05, 3.63) is 0 Å². The number of fused-ring (bicyclic) bond motifs is 1. The lowest BCUT2D eigenvalue weighted by Gasteiger charge is -2.30. The fraction of sp³-hybridized carbons (Fsp3) is 0.889. The molecule has 0 saturated heterocycles. The van der Waals surface area contributed by atoms with Gasteiger partial charge in [0.1, 0.15) is 0 Å². The normalized spacial score (nSPS) is 40.2. The van der Waals surface area contributed by atoms with Crippen LogP contribution in [0.15, 0.2) is 4.99 Å². The summed E-state index contributed by atoms with van der Waals surface area (Å²) in [5.74, 6) is 1.13. The van der Waals surface area contributed by atoms with E-state index in [1.165, 1.54) is 19.3 Å². The molecule has 12 heavy (non-hydrogen) atoms. The second kappa shape index (κ2) is 3.05. The summed E-state index contributed by atoms with van der Waals surface area (Å²) in [7, 11) is 2.05. The van der Waals surface area contributed by atoms with Gasteiger partial charge in [-0.15, -0.1) is 0 Å². The summed E-state index contributed by atoms with van der Waals surface area (Å²) in [5, 5.41) is 6.77. The van der Waals surface area contributed by atoms with Gasteiger partial charge in [-0.1, -0.05) is 0 Å². The van der Waals surface area contributed by atoms with Crippen molar-refractivity contribution in [2.45, 2.75) is 44.3 Å². The van der Waals surface area contributed by atoms with Crippen molar-refractivity contribution >= 4 is 5.84 Å². The van der Waals surface area contributed by atoms with Gasteiger partial charge >= 0.3 is 0 Å². The molecule has 0 amide bonds. The quantitative estimate of drug-likeness (QED) is 0.597. The average Bonchev–Trinajstić information content (AvgIpc) is 2.43. The number of aliphatic imine (C=N–C) groups is 1. The summed E-state index contributed by atoms with van der Waals surface area (Å²) < 4.78 is 0. The van der Waals surface area contributed by atoms with Crippen molar-refractivity contribution < 1.29 is 0 Å². The van der Waals surface area contributed by atoms with Gasteiger partial charge in [0.2, 0.25) is 0 Å². The maximum Gasteiger partial charge on any atom is 0.0938 e. The van der Waals surface area contributed by atoms with E-state index >= 15 is 0 Å². The van der Waals surface area contributed by atoms with Crippen LogP contribution in [-0.4, -0.2) is 31.0 Å². The summed E-state index contributed by atoms with van der Waals surface area (Å²) in [4.78, 5) is 4.56. The molecule has 0 radical (unpaired) electrons. The van der Waals surface area contributed by atoms with Crippen LogP contribution in [0.5, 0.6) is 0 Å². The van der Waals surface area contributed by atoms with Crippen molar-refractivity contribution in [1.29, 1.82) is 0 Å². The molecule has 0 aromatic carbocycles. The summed E-state index contributed by atoms with van der Waals surface area (Å²) >= 11 is 0. The number of hydrogen-bond acceptors (Lipinski definition) is 3. The zero-order chi connectivity index (χ0) is 8.55. The van der Waals surface area contributed by atoms with Gasteiger partial charge in [0.15, 0.2) is 0 Å². The van der Waals surface area contributed by atoms with E-state index < -0.39 is 0 Å². The van der Waals surface area contributed by atoms with Crippen molar-refractivity contribution in [1.82, 2.24) is 10.6 Å². The van der Waals surface area contributed by atoms with E-state index in [2.05, 4.69) is 22.5 Å². The minimum absolute atomic E-state index is 0.564. The van der Waals surface area contributed by atoms with E-state index in [1.807, 2.05) is 7.05 Å². The molecule has 2 N–H and O–H groups in total. The molecule has 0 aromatic heterocycles. The number of nitrogens with one attached hydrogen (secondary N) is 2. The highest BCUT2D eigenvalue weighted by atomic mass is 15.1. The van der Waals surface area contributed by atoms with Gasteiger partial charge in [-0.05, 0) is 33.2 Å². The standard InChI is InChI=1S/C9H17N3/c1-6-11-8-4-3-7(10-2)5-9(8)12-6/h7-10H,3-5H2,1-2H3,(H,11,12). The van der Waals surface area contributed by atoms with Crippen LogP contribution >= 0.6 is 0 Å².